The Morgan fingerprint density at radius 1 is 1.26 bits per heavy atom. The Labute approximate surface area is 108 Å². The molecule has 8 nitrogen and oxygen atoms in total. The Morgan fingerprint density at radius 3 is 2.37 bits per heavy atom. The van der Waals surface area contributed by atoms with Crippen LogP contribution >= 0.6 is 0 Å². The summed E-state index contributed by atoms with van der Waals surface area (Å²) >= 11 is 0. The Bertz CT molecular complexity index is 539. The lowest BCUT2D eigenvalue weighted by atomic mass is 10.2. The number of aromatic nitrogens is 2. The molecule has 3 N–H and O–H groups in total. The second-order valence-corrected chi connectivity index (χ2v) is 4.37. The van der Waals surface area contributed by atoms with Crippen molar-refractivity contribution in [3.8, 4) is 0 Å². The number of aliphatic hydroxyl groups is 2. The molecular formula is C11H16N2O6. The van der Waals surface area contributed by atoms with Crippen molar-refractivity contribution < 1.29 is 19.7 Å². The molecule has 19 heavy (non-hydrogen) atoms. The fourth-order valence-electron chi connectivity index (χ4n) is 1.92. The lowest BCUT2D eigenvalue weighted by molar-refractivity contribution is -0.0839. The summed E-state index contributed by atoms with van der Waals surface area (Å²) in [6, 6.07) is 0. The molecule has 2 rings (SSSR count). The van der Waals surface area contributed by atoms with Crippen LogP contribution < -0.4 is 11.2 Å². The predicted molar refractivity (Wildman–Crippen MR) is 63.8 cm³/mol. The molecule has 0 radical (unpaired) electrons. The van der Waals surface area contributed by atoms with Crippen molar-refractivity contribution in [2.24, 2.45) is 0 Å². The molecular weight excluding hydrogens is 256 g/mol. The minimum atomic E-state index is -0.752. The molecule has 0 amide bonds. The van der Waals surface area contributed by atoms with Crippen molar-refractivity contribution in [1.82, 2.24) is 9.55 Å². The van der Waals surface area contributed by atoms with E-state index < -0.39 is 29.7 Å². The summed E-state index contributed by atoms with van der Waals surface area (Å²) in [5.41, 5.74) is -0.596. The number of aryl methyl sites for hydroxylation is 1. The van der Waals surface area contributed by atoms with Crippen molar-refractivity contribution in [2.45, 2.75) is 32.0 Å². The normalized spacial score (nSPS) is 23.9. The fourth-order valence-corrected chi connectivity index (χ4v) is 1.92. The SMILES string of the molecule is Cc1cn(CC2O[C@H](CO)[C@@H](CO)O2)c(=O)[nH]c1=O. The average Bonchev–Trinajstić information content (AvgIpc) is 2.78. The summed E-state index contributed by atoms with van der Waals surface area (Å²) in [6.45, 7) is 1.10. The van der Waals surface area contributed by atoms with Crippen LogP contribution in [0.25, 0.3) is 0 Å². The molecule has 1 aliphatic heterocycles. The first-order valence-electron chi connectivity index (χ1n) is 5.88. The Morgan fingerprint density at radius 2 is 1.84 bits per heavy atom. The van der Waals surface area contributed by atoms with Gasteiger partial charge in [-0.2, -0.15) is 0 Å². The lowest BCUT2D eigenvalue weighted by Crippen LogP contribution is -2.34. The molecule has 1 saturated heterocycles. The topological polar surface area (TPSA) is 114 Å². The maximum absolute atomic E-state index is 11.6. The van der Waals surface area contributed by atoms with Crippen LogP contribution in [-0.4, -0.2) is 51.5 Å². The van der Waals surface area contributed by atoms with Crippen molar-refractivity contribution >= 4 is 0 Å². The van der Waals surface area contributed by atoms with E-state index in [1.807, 2.05) is 0 Å². The van der Waals surface area contributed by atoms with Gasteiger partial charge in [-0.15, -0.1) is 0 Å². The summed E-state index contributed by atoms with van der Waals surface area (Å²) in [5, 5.41) is 18.1. The van der Waals surface area contributed by atoms with Gasteiger partial charge in [0.25, 0.3) is 5.56 Å². The highest BCUT2D eigenvalue weighted by Gasteiger charge is 2.35. The fraction of sp³-hybridized carbons (Fsp3) is 0.636. The number of hydrogen-bond donors (Lipinski definition) is 3. The second-order valence-electron chi connectivity index (χ2n) is 4.37. The molecule has 0 unspecified atom stereocenters. The van der Waals surface area contributed by atoms with E-state index in [0.29, 0.717) is 5.56 Å². The van der Waals surface area contributed by atoms with Gasteiger partial charge >= 0.3 is 5.69 Å². The highest BCUT2D eigenvalue weighted by Crippen LogP contribution is 2.19. The van der Waals surface area contributed by atoms with Crippen LogP contribution in [0, 0.1) is 6.92 Å². The number of nitrogens with one attached hydrogen (secondary N) is 1. The average molecular weight is 272 g/mol. The zero-order valence-corrected chi connectivity index (χ0v) is 10.4. The summed E-state index contributed by atoms with van der Waals surface area (Å²) in [6.07, 6.45) is -0.574. The molecule has 1 aromatic heterocycles. The molecule has 2 atom stereocenters. The first-order chi connectivity index (χ1) is 9.05. The summed E-state index contributed by atoms with van der Waals surface area (Å²) in [7, 11) is 0. The van der Waals surface area contributed by atoms with Crippen LogP contribution in [0.3, 0.4) is 0 Å². The zero-order valence-electron chi connectivity index (χ0n) is 10.4. The van der Waals surface area contributed by atoms with Gasteiger partial charge in [-0.25, -0.2) is 4.79 Å². The van der Waals surface area contributed by atoms with E-state index in [9.17, 15) is 9.59 Å². The van der Waals surface area contributed by atoms with Crippen molar-refractivity contribution in [3.05, 3.63) is 32.6 Å². The zero-order chi connectivity index (χ0) is 14.0. The van der Waals surface area contributed by atoms with Gasteiger partial charge in [0.15, 0.2) is 6.29 Å². The number of H-pyrrole nitrogens is 1. The highest BCUT2D eigenvalue weighted by atomic mass is 16.7. The van der Waals surface area contributed by atoms with E-state index in [-0.39, 0.29) is 19.8 Å². The van der Waals surface area contributed by atoms with Gasteiger partial charge in [-0.05, 0) is 6.92 Å². The highest BCUT2D eigenvalue weighted by molar-refractivity contribution is 5.00. The van der Waals surface area contributed by atoms with E-state index in [0.717, 1.165) is 0 Å². The van der Waals surface area contributed by atoms with E-state index in [1.54, 1.807) is 6.92 Å². The number of rotatable bonds is 4. The van der Waals surface area contributed by atoms with E-state index in [2.05, 4.69) is 4.98 Å². The number of ether oxygens (including phenoxy) is 2. The Kier molecular flexibility index (Phi) is 4.15. The van der Waals surface area contributed by atoms with Gasteiger partial charge in [0.1, 0.15) is 12.2 Å². The van der Waals surface area contributed by atoms with Crippen LogP contribution in [0.15, 0.2) is 15.8 Å². The number of nitrogens with zero attached hydrogens (tertiary/aromatic N) is 1. The van der Waals surface area contributed by atoms with Gasteiger partial charge in [-0.1, -0.05) is 0 Å². The number of aromatic amines is 1. The number of aliphatic hydroxyl groups excluding tert-OH is 2. The third-order valence-electron chi connectivity index (χ3n) is 2.96. The van der Waals surface area contributed by atoms with Gasteiger partial charge < -0.3 is 19.7 Å². The van der Waals surface area contributed by atoms with Gasteiger partial charge in [-0.3, -0.25) is 14.3 Å². The minimum absolute atomic E-state index is 0.0729. The van der Waals surface area contributed by atoms with Crippen LogP contribution in [0.5, 0.6) is 0 Å². The third kappa shape index (κ3) is 2.92. The predicted octanol–water partition coefficient (Wildman–Crippen LogP) is -2.06. The molecule has 1 aromatic rings. The van der Waals surface area contributed by atoms with Crippen LogP contribution in [-0.2, 0) is 16.0 Å². The van der Waals surface area contributed by atoms with Crippen molar-refractivity contribution in [1.29, 1.82) is 0 Å². The molecule has 106 valence electrons. The Hall–Kier alpha value is -1.48. The molecule has 0 aromatic carbocycles. The lowest BCUT2D eigenvalue weighted by Gasteiger charge is -2.12. The molecule has 2 heterocycles. The molecule has 8 heteroatoms. The van der Waals surface area contributed by atoms with E-state index in [1.165, 1.54) is 10.8 Å². The maximum atomic E-state index is 11.6. The summed E-state index contributed by atoms with van der Waals surface area (Å²) in [4.78, 5) is 25.0. The second kappa shape index (κ2) is 5.66. The van der Waals surface area contributed by atoms with Crippen LogP contribution in [0.4, 0.5) is 0 Å². The molecule has 1 fully saturated rings. The largest absolute Gasteiger partial charge is 0.394 e. The molecule has 0 spiro atoms. The summed E-state index contributed by atoms with van der Waals surface area (Å²) in [5.74, 6) is 0. The van der Waals surface area contributed by atoms with Crippen LogP contribution in [0.2, 0.25) is 0 Å². The first kappa shape index (κ1) is 13.9. The van der Waals surface area contributed by atoms with Crippen molar-refractivity contribution in [3.63, 3.8) is 0 Å². The molecule has 0 aliphatic carbocycles. The van der Waals surface area contributed by atoms with Gasteiger partial charge in [0.05, 0.1) is 19.8 Å². The van der Waals surface area contributed by atoms with Crippen LogP contribution in [0.1, 0.15) is 5.56 Å². The smallest absolute Gasteiger partial charge is 0.328 e. The molecule has 1 aliphatic rings. The quantitative estimate of drug-likeness (QED) is 0.581. The third-order valence-corrected chi connectivity index (χ3v) is 2.96. The standard InChI is InChI=1S/C11H16N2O6/c1-6-2-13(11(17)12-10(6)16)3-9-18-7(4-14)8(5-15)19-9/h2,7-9,14-15H,3-5H2,1H3,(H,12,16,17)/t7-,8-/m1/s1. The summed E-state index contributed by atoms with van der Waals surface area (Å²) < 4.78 is 12.0. The molecule has 0 saturated carbocycles. The van der Waals surface area contributed by atoms with E-state index >= 15 is 0 Å². The minimum Gasteiger partial charge on any atom is -0.394 e. The van der Waals surface area contributed by atoms with E-state index in [4.69, 9.17) is 19.7 Å². The van der Waals surface area contributed by atoms with Crippen molar-refractivity contribution in [2.75, 3.05) is 13.2 Å². The first-order valence-corrected chi connectivity index (χ1v) is 5.88. The van der Waals surface area contributed by atoms with Gasteiger partial charge in [0.2, 0.25) is 0 Å². The maximum Gasteiger partial charge on any atom is 0.328 e. The molecule has 0 bridgehead atoms. The number of hydrogen-bond acceptors (Lipinski definition) is 6. The monoisotopic (exact) mass is 272 g/mol. The Balaban J connectivity index is 2.13. The van der Waals surface area contributed by atoms with Gasteiger partial charge in [0, 0.05) is 11.8 Å².